The lowest BCUT2D eigenvalue weighted by atomic mass is 9.84. The lowest BCUT2D eigenvalue weighted by Gasteiger charge is -2.31. The van der Waals surface area contributed by atoms with Gasteiger partial charge in [0, 0.05) is 27.7 Å². The first-order chi connectivity index (χ1) is 12.8. The van der Waals surface area contributed by atoms with E-state index in [9.17, 15) is 9.59 Å². The van der Waals surface area contributed by atoms with Crippen molar-refractivity contribution in [2.75, 3.05) is 34.8 Å². The van der Waals surface area contributed by atoms with Gasteiger partial charge >= 0.3 is 5.97 Å². The van der Waals surface area contributed by atoms with Crippen molar-refractivity contribution in [1.82, 2.24) is 15.5 Å². The van der Waals surface area contributed by atoms with Crippen molar-refractivity contribution < 1.29 is 18.7 Å². The molecule has 0 radical (unpaired) electrons. The highest BCUT2D eigenvalue weighted by molar-refractivity contribution is 5.90. The molecule has 0 saturated heterocycles. The maximum absolute atomic E-state index is 12.6. The maximum atomic E-state index is 12.6. The molecule has 0 aromatic carbocycles. The number of nitrogens with zero attached hydrogens (tertiary/aromatic N) is 2. The van der Waals surface area contributed by atoms with Crippen molar-refractivity contribution in [2.24, 2.45) is 10.4 Å². The Kier molecular flexibility index (Phi) is 6.87. The Hall–Kier alpha value is -2.51. The average Bonchev–Trinajstić information content (AvgIpc) is 3.28. The van der Waals surface area contributed by atoms with Crippen molar-refractivity contribution in [3.63, 3.8) is 0 Å². The van der Waals surface area contributed by atoms with E-state index in [1.54, 1.807) is 39.0 Å². The van der Waals surface area contributed by atoms with E-state index in [4.69, 9.17) is 9.15 Å². The highest BCUT2D eigenvalue weighted by atomic mass is 16.5. The number of aliphatic imine (C=N–C) groups is 1. The number of hydrogen-bond acceptors (Lipinski definition) is 5. The molecule has 0 atom stereocenters. The Morgan fingerprint density at radius 1 is 1.30 bits per heavy atom. The van der Waals surface area contributed by atoms with Gasteiger partial charge in [0.2, 0.25) is 5.91 Å². The molecule has 1 heterocycles. The summed E-state index contributed by atoms with van der Waals surface area (Å²) in [6.07, 6.45) is 3.90. The van der Waals surface area contributed by atoms with Gasteiger partial charge in [0.05, 0.1) is 19.1 Å². The van der Waals surface area contributed by atoms with Crippen molar-refractivity contribution in [3.8, 4) is 0 Å². The van der Waals surface area contributed by atoms with E-state index >= 15 is 0 Å². The minimum atomic E-state index is -0.421. The van der Waals surface area contributed by atoms with Crippen LogP contribution in [0.4, 0.5) is 0 Å². The van der Waals surface area contributed by atoms with Gasteiger partial charge in [-0.15, -0.1) is 0 Å². The van der Waals surface area contributed by atoms with Crippen LogP contribution >= 0.6 is 0 Å². The normalized spacial score (nSPS) is 16.1. The summed E-state index contributed by atoms with van der Waals surface area (Å²) in [5, 5.41) is 6.43. The number of rotatable bonds is 6. The van der Waals surface area contributed by atoms with E-state index in [1.165, 1.54) is 7.11 Å². The SMILES string of the molecule is CN=C(NCc1cc(C(=O)OC)c(C)o1)NCC1(C(=O)N(C)C)CCCC1. The fourth-order valence-electron chi connectivity index (χ4n) is 3.58. The van der Waals surface area contributed by atoms with E-state index in [0.29, 0.717) is 36.1 Å². The number of aryl methyl sites for hydroxylation is 1. The first-order valence-electron chi connectivity index (χ1n) is 9.17. The Balaban J connectivity index is 1.96. The van der Waals surface area contributed by atoms with Gasteiger partial charge < -0.3 is 24.7 Å². The molecule has 8 heteroatoms. The smallest absolute Gasteiger partial charge is 0.341 e. The zero-order valence-corrected chi connectivity index (χ0v) is 16.8. The summed E-state index contributed by atoms with van der Waals surface area (Å²) in [6, 6.07) is 1.66. The third-order valence-electron chi connectivity index (χ3n) is 5.04. The summed E-state index contributed by atoms with van der Waals surface area (Å²) in [4.78, 5) is 30.2. The molecule has 8 nitrogen and oxygen atoms in total. The van der Waals surface area contributed by atoms with Crippen molar-refractivity contribution in [2.45, 2.75) is 39.2 Å². The van der Waals surface area contributed by atoms with Gasteiger partial charge in [0.25, 0.3) is 0 Å². The quantitative estimate of drug-likeness (QED) is 0.444. The highest BCUT2D eigenvalue weighted by Crippen LogP contribution is 2.38. The Bertz CT molecular complexity index is 703. The molecule has 1 aliphatic rings. The minimum Gasteiger partial charge on any atom is -0.465 e. The summed E-state index contributed by atoms with van der Waals surface area (Å²) < 4.78 is 10.3. The molecule has 0 unspecified atom stereocenters. The number of esters is 1. The number of hydrogen-bond donors (Lipinski definition) is 2. The molecule has 0 aliphatic heterocycles. The zero-order valence-electron chi connectivity index (χ0n) is 16.8. The molecule has 1 aliphatic carbocycles. The van der Waals surface area contributed by atoms with Crippen LogP contribution in [0.5, 0.6) is 0 Å². The minimum absolute atomic E-state index is 0.160. The standard InChI is InChI=1S/C19H30N4O4/c1-13-15(16(24)26-5)10-14(27-13)11-21-18(20-2)22-12-19(8-6-7-9-19)17(25)23(3)4/h10H,6-9,11-12H2,1-5H3,(H2,20,21,22). The molecule has 1 saturated carbocycles. The van der Waals surface area contributed by atoms with Crippen molar-refractivity contribution in [3.05, 3.63) is 23.2 Å². The summed E-state index contributed by atoms with van der Waals surface area (Å²) in [6.45, 7) is 2.62. The van der Waals surface area contributed by atoms with E-state index in [0.717, 1.165) is 25.7 Å². The maximum Gasteiger partial charge on any atom is 0.341 e. The first kappa shape index (κ1) is 20.8. The number of amides is 1. The third-order valence-corrected chi connectivity index (χ3v) is 5.04. The van der Waals surface area contributed by atoms with Crippen LogP contribution in [0.15, 0.2) is 15.5 Å². The van der Waals surface area contributed by atoms with Gasteiger partial charge in [-0.25, -0.2) is 4.79 Å². The van der Waals surface area contributed by atoms with Crippen molar-refractivity contribution in [1.29, 1.82) is 0 Å². The van der Waals surface area contributed by atoms with E-state index in [-0.39, 0.29) is 11.3 Å². The predicted octanol–water partition coefficient (Wildman–Crippen LogP) is 1.69. The molecular weight excluding hydrogens is 348 g/mol. The molecule has 2 N–H and O–H groups in total. The van der Waals surface area contributed by atoms with Crippen molar-refractivity contribution >= 4 is 17.8 Å². The lowest BCUT2D eigenvalue weighted by Crippen LogP contribution is -2.49. The molecular formula is C19H30N4O4. The van der Waals surface area contributed by atoms with Gasteiger partial charge in [0.15, 0.2) is 5.96 Å². The Labute approximate surface area is 160 Å². The van der Waals surface area contributed by atoms with Crippen LogP contribution in [0.1, 0.15) is 47.6 Å². The van der Waals surface area contributed by atoms with E-state index < -0.39 is 5.97 Å². The third kappa shape index (κ3) is 4.81. The van der Waals surface area contributed by atoms with Gasteiger partial charge in [0.1, 0.15) is 17.1 Å². The number of nitrogens with one attached hydrogen (secondary N) is 2. The summed E-state index contributed by atoms with van der Waals surface area (Å²) in [5.74, 6) is 1.45. The zero-order chi connectivity index (χ0) is 20.0. The number of carbonyl (C=O) groups excluding carboxylic acids is 2. The predicted molar refractivity (Wildman–Crippen MR) is 103 cm³/mol. The largest absolute Gasteiger partial charge is 0.465 e. The van der Waals surface area contributed by atoms with Gasteiger partial charge in [-0.05, 0) is 25.8 Å². The first-order valence-corrected chi connectivity index (χ1v) is 9.17. The molecule has 1 amide bonds. The molecule has 2 rings (SSSR count). The Morgan fingerprint density at radius 3 is 2.52 bits per heavy atom. The second kappa shape index (κ2) is 8.92. The molecule has 0 bridgehead atoms. The number of guanidine groups is 1. The summed E-state index contributed by atoms with van der Waals surface area (Å²) in [7, 11) is 6.62. The number of carbonyl (C=O) groups is 2. The van der Waals surface area contributed by atoms with Crippen LogP contribution in [0, 0.1) is 12.3 Å². The van der Waals surface area contributed by atoms with Crippen LogP contribution in [0.2, 0.25) is 0 Å². The van der Waals surface area contributed by atoms with Crippen LogP contribution < -0.4 is 10.6 Å². The highest BCUT2D eigenvalue weighted by Gasteiger charge is 2.42. The molecule has 1 aromatic rings. The molecule has 27 heavy (non-hydrogen) atoms. The van der Waals surface area contributed by atoms with E-state index in [1.807, 2.05) is 0 Å². The van der Waals surface area contributed by atoms with Gasteiger partial charge in [-0.2, -0.15) is 0 Å². The van der Waals surface area contributed by atoms with Crippen LogP contribution in [-0.2, 0) is 16.1 Å². The molecule has 0 spiro atoms. The summed E-state index contributed by atoms with van der Waals surface area (Å²) >= 11 is 0. The average molecular weight is 378 g/mol. The molecule has 150 valence electrons. The lowest BCUT2D eigenvalue weighted by molar-refractivity contribution is -0.138. The Morgan fingerprint density at radius 2 is 1.96 bits per heavy atom. The van der Waals surface area contributed by atoms with Gasteiger partial charge in [-0.3, -0.25) is 9.79 Å². The fraction of sp³-hybridized carbons (Fsp3) is 0.632. The second-order valence-corrected chi connectivity index (χ2v) is 7.14. The van der Waals surface area contributed by atoms with E-state index in [2.05, 4.69) is 15.6 Å². The van der Waals surface area contributed by atoms with Crippen LogP contribution in [0.3, 0.4) is 0 Å². The molecule has 1 aromatic heterocycles. The number of methoxy groups -OCH3 is 1. The monoisotopic (exact) mass is 378 g/mol. The number of furan rings is 1. The number of ether oxygens (including phenoxy) is 1. The van der Waals surface area contributed by atoms with Crippen LogP contribution in [-0.4, -0.2) is 57.5 Å². The van der Waals surface area contributed by atoms with Gasteiger partial charge in [-0.1, -0.05) is 12.8 Å². The second-order valence-electron chi connectivity index (χ2n) is 7.14. The molecule has 1 fully saturated rings. The topological polar surface area (TPSA) is 96.2 Å². The van der Waals surface area contributed by atoms with Crippen LogP contribution in [0.25, 0.3) is 0 Å². The fourth-order valence-corrected chi connectivity index (χ4v) is 3.58. The summed E-state index contributed by atoms with van der Waals surface area (Å²) in [5.41, 5.74) is 0.0409.